The third-order valence-electron chi connectivity index (χ3n) is 6.35. The molecule has 1 aliphatic carbocycles. The molecule has 0 unspecified atom stereocenters. The summed E-state index contributed by atoms with van der Waals surface area (Å²) in [6, 6.07) is 14.8. The first-order valence-electron chi connectivity index (χ1n) is 11.7. The van der Waals surface area contributed by atoms with E-state index < -0.39 is 5.66 Å². The topological polar surface area (TPSA) is 94.9 Å². The molecule has 1 aliphatic rings. The zero-order chi connectivity index (χ0) is 23.1. The van der Waals surface area contributed by atoms with Crippen molar-refractivity contribution in [3.05, 3.63) is 71.0 Å². The Balaban J connectivity index is 0.000000186. The highest BCUT2D eigenvalue weighted by molar-refractivity contribution is 5.98. The van der Waals surface area contributed by atoms with Gasteiger partial charge in [-0.3, -0.25) is 4.79 Å². The molecule has 0 saturated heterocycles. The number of aromatic nitrogens is 2. The fourth-order valence-corrected chi connectivity index (χ4v) is 4.28. The number of unbranched alkanes of at least 4 members (excludes halogenated alkanes) is 1. The van der Waals surface area contributed by atoms with E-state index in [0.717, 1.165) is 36.8 Å². The van der Waals surface area contributed by atoms with Gasteiger partial charge < -0.3 is 11.5 Å². The highest BCUT2D eigenvalue weighted by atomic mass is 16.1. The Bertz CT molecular complexity index is 1030. The molecule has 0 spiro atoms. The molecule has 2 aromatic heterocycles. The van der Waals surface area contributed by atoms with Crippen LogP contribution in [0.5, 0.6) is 0 Å². The molecule has 2 heterocycles. The number of carbonyl (C=O) groups excluding carboxylic acids is 1. The van der Waals surface area contributed by atoms with Crippen molar-refractivity contribution in [2.45, 2.75) is 77.3 Å². The van der Waals surface area contributed by atoms with Crippen LogP contribution in [0.2, 0.25) is 0 Å². The van der Waals surface area contributed by atoms with Crippen molar-refractivity contribution in [3.8, 4) is 0 Å². The number of hydrogen-bond acceptors (Lipinski definition) is 5. The molecule has 0 radical (unpaired) electrons. The second kappa shape index (κ2) is 10.8. The van der Waals surface area contributed by atoms with Crippen LogP contribution in [0, 0.1) is 6.92 Å². The average Bonchev–Trinajstić information content (AvgIpc) is 2.78. The summed E-state index contributed by atoms with van der Waals surface area (Å²) in [5.41, 5.74) is 16.6. The molecule has 170 valence electrons. The number of hydrogen-bond donors (Lipinski definition) is 2. The van der Waals surface area contributed by atoms with Crippen LogP contribution in [-0.2, 0) is 6.42 Å². The van der Waals surface area contributed by atoms with Gasteiger partial charge in [-0.2, -0.15) is 0 Å². The van der Waals surface area contributed by atoms with E-state index in [9.17, 15) is 4.79 Å². The Labute approximate surface area is 191 Å². The minimum absolute atomic E-state index is 0.0424. The van der Waals surface area contributed by atoms with Crippen LogP contribution < -0.4 is 11.5 Å². The van der Waals surface area contributed by atoms with Gasteiger partial charge in [0.2, 0.25) is 0 Å². The van der Waals surface area contributed by atoms with Crippen molar-refractivity contribution < 1.29 is 4.79 Å². The molecule has 0 bridgehead atoms. The van der Waals surface area contributed by atoms with Crippen molar-refractivity contribution in [2.24, 2.45) is 11.5 Å². The van der Waals surface area contributed by atoms with Crippen LogP contribution >= 0.6 is 0 Å². The number of nitrogens with two attached hydrogens (primary N) is 2. The maximum atomic E-state index is 11.2. The summed E-state index contributed by atoms with van der Waals surface area (Å²) in [6.07, 6.45) is 9.58. The zero-order valence-corrected chi connectivity index (χ0v) is 19.6. The summed E-state index contributed by atoms with van der Waals surface area (Å²) in [5, 5.41) is 0.906. The number of ketones is 1. The molecular weight excluding hydrogens is 396 g/mol. The maximum Gasteiger partial charge on any atom is 0.161 e. The molecule has 0 atom stereocenters. The van der Waals surface area contributed by atoms with Crippen LogP contribution in [0.4, 0.5) is 0 Å². The van der Waals surface area contributed by atoms with E-state index in [4.69, 9.17) is 11.5 Å². The van der Waals surface area contributed by atoms with Crippen LogP contribution in [0.25, 0.3) is 11.0 Å². The Kier molecular flexibility index (Phi) is 8.10. The lowest BCUT2D eigenvalue weighted by Crippen LogP contribution is -2.51. The fraction of sp³-hybridized carbons (Fsp3) is 0.444. The Morgan fingerprint density at radius 1 is 1.12 bits per heavy atom. The maximum absolute atomic E-state index is 11.2. The molecule has 0 amide bonds. The van der Waals surface area contributed by atoms with Crippen LogP contribution in [0.15, 0.2) is 48.7 Å². The van der Waals surface area contributed by atoms with E-state index in [1.807, 2.05) is 25.1 Å². The Hall–Kier alpha value is -2.63. The highest BCUT2D eigenvalue weighted by Gasteiger charge is 2.28. The molecule has 4 N–H and O–H groups in total. The summed E-state index contributed by atoms with van der Waals surface area (Å²) in [6.45, 7) is 5.61. The number of fused-ring (bicyclic) bond motifs is 1. The van der Waals surface area contributed by atoms with Gasteiger partial charge in [-0.15, -0.1) is 0 Å². The predicted octanol–water partition coefficient (Wildman–Crippen LogP) is 5.44. The molecule has 1 fully saturated rings. The second-order valence-corrected chi connectivity index (χ2v) is 9.08. The van der Waals surface area contributed by atoms with E-state index >= 15 is 0 Å². The molecule has 32 heavy (non-hydrogen) atoms. The highest BCUT2D eigenvalue weighted by Crippen LogP contribution is 2.34. The van der Waals surface area contributed by atoms with Gasteiger partial charge in [0.25, 0.3) is 0 Å². The minimum Gasteiger partial charge on any atom is -0.313 e. The number of aryl methyl sites for hydroxylation is 2. The standard InChI is InChI=1S/C16H26N2.C11H10N2O/c1-2-3-4-13-5-7-14(8-6-13)15-9-11-16(17,18)12-10-15;1-7-10(8(2)14)6-9-4-3-5-12-11(9)13-7/h5-8,15H,2-4,9-12,17-18H2,1H3;3-6H,1-2H3. The van der Waals surface area contributed by atoms with Crippen molar-refractivity contribution >= 4 is 16.8 Å². The third-order valence-corrected chi connectivity index (χ3v) is 6.35. The quantitative estimate of drug-likeness (QED) is 0.413. The smallest absolute Gasteiger partial charge is 0.161 e. The minimum atomic E-state index is -0.419. The molecule has 4 rings (SSSR count). The van der Waals surface area contributed by atoms with Crippen LogP contribution in [0.3, 0.4) is 0 Å². The molecule has 3 aromatic rings. The SMILES string of the molecule is CC(=O)c1cc2cccnc2nc1C.CCCCc1ccc(C2CCC(N)(N)CC2)cc1. The van der Waals surface area contributed by atoms with E-state index in [1.165, 1.54) is 30.4 Å². The van der Waals surface area contributed by atoms with Crippen molar-refractivity contribution in [3.63, 3.8) is 0 Å². The molecule has 5 heteroatoms. The van der Waals surface area contributed by atoms with E-state index in [2.05, 4.69) is 41.2 Å². The first kappa shape index (κ1) is 24.0. The van der Waals surface area contributed by atoms with Crippen LogP contribution in [-0.4, -0.2) is 21.4 Å². The molecule has 1 saturated carbocycles. The van der Waals surface area contributed by atoms with Crippen molar-refractivity contribution in [2.75, 3.05) is 0 Å². The first-order valence-corrected chi connectivity index (χ1v) is 11.7. The number of nitrogens with zero attached hydrogens (tertiary/aromatic N) is 2. The van der Waals surface area contributed by atoms with Crippen LogP contribution in [0.1, 0.15) is 85.5 Å². The largest absolute Gasteiger partial charge is 0.313 e. The number of Topliss-reactive ketones (excluding diaryl/α,β-unsaturated/α-hetero) is 1. The van der Waals surface area contributed by atoms with Gasteiger partial charge >= 0.3 is 0 Å². The normalized spacial score (nSPS) is 15.8. The monoisotopic (exact) mass is 432 g/mol. The first-order chi connectivity index (χ1) is 15.3. The van der Waals surface area contributed by atoms with Gasteiger partial charge in [0.1, 0.15) is 0 Å². The summed E-state index contributed by atoms with van der Waals surface area (Å²) in [5.74, 6) is 0.700. The molecule has 5 nitrogen and oxygen atoms in total. The number of carbonyl (C=O) groups is 1. The average molecular weight is 433 g/mol. The van der Waals surface area contributed by atoms with Gasteiger partial charge in [-0.25, -0.2) is 9.97 Å². The summed E-state index contributed by atoms with van der Waals surface area (Å²) in [4.78, 5) is 19.6. The van der Waals surface area contributed by atoms with Crippen molar-refractivity contribution in [1.82, 2.24) is 9.97 Å². The van der Waals surface area contributed by atoms with E-state index in [1.54, 1.807) is 13.1 Å². The van der Waals surface area contributed by atoms with Crippen molar-refractivity contribution in [1.29, 1.82) is 0 Å². The van der Waals surface area contributed by atoms with Gasteiger partial charge in [-0.05, 0) is 87.6 Å². The van der Waals surface area contributed by atoms with Gasteiger partial charge in [0, 0.05) is 17.1 Å². The second-order valence-electron chi connectivity index (χ2n) is 9.08. The Morgan fingerprint density at radius 2 is 1.81 bits per heavy atom. The number of rotatable bonds is 5. The Morgan fingerprint density at radius 3 is 2.44 bits per heavy atom. The van der Waals surface area contributed by atoms with E-state index in [0.29, 0.717) is 17.1 Å². The summed E-state index contributed by atoms with van der Waals surface area (Å²) in [7, 11) is 0. The molecule has 0 aliphatic heterocycles. The lowest BCUT2D eigenvalue weighted by atomic mass is 9.79. The summed E-state index contributed by atoms with van der Waals surface area (Å²) >= 11 is 0. The zero-order valence-electron chi connectivity index (χ0n) is 19.6. The predicted molar refractivity (Wildman–Crippen MR) is 132 cm³/mol. The third kappa shape index (κ3) is 6.44. The fourth-order valence-electron chi connectivity index (χ4n) is 4.28. The van der Waals surface area contributed by atoms with Gasteiger partial charge in [-0.1, -0.05) is 37.6 Å². The lowest BCUT2D eigenvalue weighted by Gasteiger charge is -2.34. The number of pyridine rings is 2. The molecule has 1 aromatic carbocycles. The molecular formula is C27H36N4O. The van der Waals surface area contributed by atoms with Gasteiger partial charge in [0.05, 0.1) is 11.4 Å². The number of benzene rings is 1. The van der Waals surface area contributed by atoms with Gasteiger partial charge in [0.15, 0.2) is 11.4 Å². The lowest BCUT2D eigenvalue weighted by molar-refractivity contribution is 0.101. The summed E-state index contributed by atoms with van der Waals surface area (Å²) < 4.78 is 0. The van der Waals surface area contributed by atoms with E-state index in [-0.39, 0.29) is 5.78 Å².